The molecule has 0 heterocycles. The molecule has 1 rings (SSSR count). The van der Waals surface area contributed by atoms with E-state index in [1.165, 1.54) is 6.07 Å². The van der Waals surface area contributed by atoms with Gasteiger partial charge in [0.1, 0.15) is 5.82 Å². The lowest BCUT2D eigenvalue weighted by Crippen LogP contribution is -2.20. The van der Waals surface area contributed by atoms with E-state index in [1.54, 1.807) is 17.8 Å². The zero-order chi connectivity index (χ0) is 12.0. The molecule has 1 nitrogen and oxygen atoms in total. The molecular formula is C13H20FNS. The minimum Gasteiger partial charge on any atom is -0.310 e. The van der Waals surface area contributed by atoms with Crippen molar-refractivity contribution in [3.05, 3.63) is 29.6 Å². The predicted molar refractivity (Wildman–Crippen MR) is 69.5 cm³/mol. The van der Waals surface area contributed by atoms with Crippen LogP contribution in [0.4, 0.5) is 4.39 Å². The molecule has 1 N–H and O–H groups in total. The average Bonchev–Trinajstić information content (AvgIpc) is 2.29. The van der Waals surface area contributed by atoms with Gasteiger partial charge in [-0.15, -0.1) is 11.8 Å². The van der Waals surface area contributed by atoms with Crippen LogP contribution in [0.5, 0.6) is 0 Å². The highest BCUT2D eigenvalue weighted by atomic mass is 32.2. The molecule has 0 saturated carbocycles. The van der Waals surface area contributed by atoms with Crippen LogP contribution in [-0.4, -0.2) is 12.3 Å². The van der Waals surface area contributed by atoms with Gasteiger partial charge < -0.3 is 5.32 Å². The first kappa shape index (κ1) is 13.5. The number of halogens is 1. The number of hydrogen-bond acceptors (Lipinski definition) is 2. The highest BCUT2D eigenvalue weighted by molar-refractivity contribution is 7.99. The van der Waals surface area contributed by atoms with E-state index in [2.05, 4.69) is 19.2 Å². The molecule has 0 fully saturated rings. The van der Waals surface area contributed by atoms with E-state index < -0.39 is 0 Å². The lowest BCUT2D eigenvalue weighted by atomic mass is 10.1. The summed E-state index contributed by atoms with van der Waals surface area (Å²) in [5.74, 6) is 0.795. The van der Waals surface area contributed by atoms with Crippen molar-refractivity contribution >= 4 is 11.8 Å². The van der Waals surface area contributed by atoms with Gasteiger partial charge in [0, 0.05) is 10.9 Å². The first-order chi connectivity index (χ1) is 7.70. The Balaban J connectivity index is 2.88. The zero-order valence-electron chi connectivity index (χ0n) is 10.2. The minimum atomic E-state index is -0.102. The highest BCUT2D eigenvalue weighted by Gasteiger charge is 2.13. The van der Waals surface area contributed by atoms with Crippen LogP contribution in [0.25, 0.3) is 0 Å². The van der Waals surface area contributed by atoms with Crippen LogP contribution in [0.15, 0.2) is 23.1 Å². The fourth-order valence-electron chi connectivity index (χ4n) is 1.63. The summed E-state index contributed by atoms with van der Waals surface area (Å²) in [6.45, 7) is 7.23. The van der Waals surface area contributed by atoms with Gasteiger partial charge in [-0.2, -0.15) is 0 Å². The van der Waals surface area contributed by atoms with E-state index in [-0.39, 0.29) is 11.9 Å². The summed E-state index contributed by atoms with van der Waals surface area (Å²) in [5, 5.41) is 3.39. The van der Waals surface area contributed by atoms with E-state index in [0.717, 1.165) is 29.2 Å². The minimum absolute atomic E-state index is 0.102. The van der Waals surface area contributed by atoms with Crippen molar-refractivity contribution in [2.75, 3.05) is 12.3 Å². The number of rotatable bonds is 6. The third-order valence-corrected chi connectivity index (χ3v) is 3.46. The van der Waals surface area contributed by atoms with Crippen LogP contribution in [0, 0.1) is 5.82 Å². The van der Waals surface area contributed by atoms with Gasteiger partial charge in [-0.1, -0.05) is 26.0 Å². The Labute approximate surface area is 102 Å². The Morgan fingerprint density at radius 3 is 2.75 bits per heavy atom. The molecule has 0 saturated heterocycles. The molecule has 1 aromatic carbocycles. The molecule has 0 spiro atoms. The Hall–Kier alpha value is -0.540. The quantitative estimate of drug-likeness (QED) is 0.756. The first-order valence-corrected chi connectivity index (χ1v) is 6.83. The van der Waals surface area contributed by atoms with Gasteiger partial charge in [0.15, 0.2) is 0 Å². The second-order valence-electron chi connectivity index (χ2n) is 3.77. The fraction of sp³-hybridized carbons (Fsp3) is 0.538. The molecule has 3 heteroatoms. The molecule has 1 atom stereocenters. The Bertz CT molecular complexity index is 328. The molecule has 0 radical (unpaired) electrons. The maximum absolute atomic E-state index is 13.7. The topological polar surface area (TPSA) is 12.0 Å². The van der Waals surface area contributed by atoms with Crippen molar-refractivity contribution in [1.82, 2.24) is 5.32 Å². The van der Waals surface area contributed by atoms with Gasteiger partial charge in [0.25, 0.3) is 0 Å². The summed E-state index contributed by atoms with van der Waals surface area (Å²) >= 11 is 1.58. The van der Waals surface area contributed by atoms with Gasteiger partial charge >= 0.3 is 0 Å². The second-order valence-corrected chi connectivity index (χ2v) is 5.04. The summed E-state index contributed by atoms with van der Waals surface area (Å²) in [6, 6.07) is 5.54. The number of hydrogen-bond donors (Lipinski definition) is 1. The van der Waals surface area contributed by atoms with Crippen LogP contribution < -0.4 is 5.32 Å². The van der Waals surface area contributed by atoms with Gasteiger partial charge in [0.2, 0.25) is 0 Å². The molecule has 0 amide bonds. The Kier molecular flexibility index (Phi) is 5.85. The van der Waals surface area contributed by atoms with E-state index >= 15 is 0 Å². The molecule has 0 aliphatic carbocycles. The van der Waals surface area contributed by atoms with Crippen LogP contribution in [0.3, 0.4) is 0 Å². The third kappa shape index (κ3) is 3.49. The lowest BCUT2D eigenvalue weighted by molar-refractivity contribution is 0.543. The van der Waals surface area contributed by atoms with E-state index in [9.17, 15) is 4.39 Å². The predicted octanol–water partition coefficient (Wildman–Crippen LogP) is 4.00. The van der Waals surface area contributed by atoms with E-state index in [4.69, 9.17) is 0 Å². The standard InChI is InChI=1S/C13H20FNS/c1-4-9-15-10(3)11-7-6-8-12(14)13(11)16-5-2/h6-8,10,15H,4-5,9H2,1-3H3. The summed E-state index contributed by atoms with van der Waals surface area (Å²) in [5.41, 5.74) is 1.07. The van der Waals surface area contributed by atoms with Crippen molar-refractivity contribution in [2.24, 2.45) is 0 Å². The number of thioether (sulfide) groups is 1. The van der Waals surface area contributed by atoms with E-state index in [0.29, 0.717) is 0 Å². The number of benzene rings is 1. The summed E-state index contributed by atoms with van der Waals surface area (Å²) in [7, 11) is 0. The van der Waals surface area contributed by atoms with Gasteiger partial charge in [0.05, 0.1) is 0 Å². The molecule has 0 aliphatic heterocycles. The van der Waals surface area contributed by atoms with Crippen molar-refractivity contribution < 1.29 is 4.39 Å². The molecule has 0 aliphatic rings. The van der Waals surface area contributed by atoms with Crippen LogP contribution in [0.2, 0.25) is 0 Å². The largest absolute Gasteiger partial charge is 0.310 e. The maximum Gasteiger partial charge on any atom is 0.137 e. The monoisotopic (exact) mass is 241 g/mol. The maximum atomic E-state index is 13.7. The van der Waals surface area contributed by atoms with Gasteiger partial charge in [-0.25, -0.2) is 4.39 Å². The van der Waals surface area contributed by atoms with E-state index in [1.807, 2.05) is 13.0 Å². The highest BCUT2D eigenvalue weighted by Crippen LogP contribution is 2.29. The number of nitrogens with one attached hydrogen (secondary N) is 1. The normalized spacial score (nSPS) is 12.8. The van der Waals surface area contributed by atoms with Gasteiger partial charge in [-0.3, -0.25) is 0 Å². The van der Waals surface area contributed by atoms with Gasteiger partial charge in [-0.05, 0) is 37.3 Å². The molecule has 90 valence electrons. The van der Waals surface area contributed by atoms with Crippen LogP contribution in [0.1, 0.15) is 38.8 Å². The molecule has 1 unspecified atom stereocenters. The SMILES string of the molecule is CCCNC(C)c1cccc(F)c1SCC. The third-order valence-electron chi connectivity index (χ3n) is 2.45. The first-order valence-electron chi connectivity index (χ1n) is 5.85. The molecule has 16 heavy (non-hydrogen) atoms. The average molecular weight is 241 g/mol. The Morgan fingerprint density at radius 1 is 1.38 bits per heavy atom. The molecule has 0 aromatic heterocycles. The summed E-state index contributed by atoms with van der Waals surface area (Å²) in [4.78, 5) is 0.793. The smallest absolute Gasteiger partial charge is 0.137 e. The summed E-state index contributed by atoms with van der Waals surface area (Å²) < 4.78 is 13.7. The fourth-order valence-corrected chi connectivity index (χ4v) is 2.54. The van der Waals surface area contributed by atoms with Crippen molar-refractivity contribution in [2.45, 2.75) is 38.1 Å². The van der Waals surface area contributed by atoms with Crippen molar-refractivity contribution in [1.29, 1.82) is 0 Å². The van der Waals surface area contributed by atoms with Crippen LogP contribution >= 0.6 is 11.8 Å². The summed E-state index contributed by atoms with van der Waals surface area (Å²) in [6.07, 6.45) is 1.09. The molecule has 0 bridgehead atoms. The lowest BCUT2D eigenvalue weighted by Gasteiger charge is -2.17. The van der Waals surface area contributed by atoms with Crippen molar-refractivity contribution in [3.8, 4) is 0 Å². The van der Waals surface area contributed by atoms with Crippen molar-refractivity contribution in [3.63, 3.8) is 0 Å². The zero-order valence-corrected chi connectivity index (χ0v) is 11.0. The Morgan fingerprint density at radius 2 is 2.12 bits per heavy atom. The second kappa shape index (κ2) is 6.92. The van der Waals surface area contributed by atoms with Crippen LogP contribution in [-0.2, 0) is 0 Å². The molecule has 1 aromatic rings. The molecular weight excluding hydrogens is 221 g/mol.